The molecule has 0 aliphatic rings. The third-order valence-electron chi connectivity index (χ3n) is 6.59. The Morgan fingerprint density at radius 1 is 0.947 bits per heavy atom. The summed E-state index contributed by atoms with van der Waals surface area (Å²) in [5.41, 5.74) is 4.88. The molecule has 38 heavy (non-hydrogen) atoms. The fraction of sp³-hybridized carbons (Fsp3) is 0.300. The predicted molar refractivity (Wildman–Crippen MR) is 153 cm³/mol. The first-order chi connectivity index (χ1) is 18.3. The molecule has 0 unspecified atom stereocenters. The molecule has 198 valence electrons. The Bertz CT molecular complexity index is 1520. The number of aryl methyl sites for hydroxylation is 2. The molecule has 0 saturated carbocycles. The van der Waals surface area contributed by atoms with Crippen LogP contribution in [0, 0.1) is 13.8 Å². The molecule has 1 heterocycles. The van der Waals surface area contributed by atoms with Crippen molar-refractivity contribution in [2.45, 2.75) is 38.6 Å². The monoisotopic (exact) mass is 531 g/mol. The quantitative estimate of drug-likeness (QED) is 0.201. The summed E-state index contributed by atoms with van der Waals surface area (Å²) < 4.78 is 12.5. The van der Waals surface area contributed by atoms with Crippen molar-refractivity contribution in [1.29, 1.82) is 0 Å². The molecule has 3 aromatic carbocycles. The topological polar surface area (TPSA) is 73.7 Å². The van der Waals surface area contributed by atoms with Gasteiger partial charge in [-0.15, -0.1) is 0 Å². The van der Waals surface area contributed by atoms with Gasteiger partial charge in [-0.2, -0.15) is 0 Å². The van der Waals surface area contributed by atoms with E-state index in [0.29, 0.717) is 57.7 Å². The van der Waals surface area contributed by atoms with Crippen LogP contribution in [0.3, 0.4) is 0 Å². The number of benzene rings is 3. The number of fused-ring (bicyclic) bond motifs is 1. The predicted octanol–water partition coefficient (Wildman–Crippen LogP) is 5.79. The van der Waals surface area contributed by atoms with Gasteiger partial charge in [0.2, 0.25) is 0 Å². The summed E-state index contributed by atoms with van der Waals surface area (Å²) in [5, 5.41) is 0.949. The van der Waals surface area contributed by atoms with Crippen LogP contribution in [0.5, 0.6) is 11.5 Å². The second kappa shape index (κ2) is 11.7. The summed E-state index contributed by atoms with van der Waals surface area (Å²) in [5.74, 6) is 1.68. The average molecular weight is 532 g/mol. The van der Waals surface area contributed by atoms with Gasteiger partial charge in [0.25, 0.3) is 11.5 Å². The average Bonchev–Trinajstić information content (AvgIpc) is 2.93. The van der Waals surface area contributed by atoms with Crippen LogP contribution in [0.1, 0.15) is 40.9 Å². The summed E-state index contributed by atoms with van der Waals surface area (Å²) in [7, 11) is 3.15. The maximum Gasteiger partial charge on any atom is 0.266 e. The third kappa shape index (κ3) is 5.55. The Morgan fingerprint density at radius 3 is 2.26 bits per heavy atom. The highest BCUT2D eigenvalue weighted by Crippen LogP contribution is 2.30. The lowest BCUT2D eigenvalue weighted by atomic mass is 10.1. The van der Waals surface area contributed by atoms with Gasteiger partial charge in [-0.25, -0.2) is 4.98 Å². The zero-order valence-corrected chi connectivity index (χ0v) is 23.5. The number of hydrogen-bond donors (Lipinski definition) is 0. The van der Waals surface area contributed by atoms with Gasteiger partial charge in [-0.3, -0.25) is 14.2 Å². The van der Waals surface area contributed by atoms with Crippen molar-refractivity contribution in [2.75, 3.05) is 27.3 Å². The van der Waals surface area contributed by atoms with Crippen molar-refractivity contribution in [3.63, 3.8) is 0 Å². The number of hydrogen-bond acceptors (Lipinski definition) is 6. The Hall–Kier alpha value is -3.78. The maximum absolute atomic E-state index is 13.9. The van der Waals surface area contributed by atoms with Gasteiger partial charge >= 0.3 is 0 Å². The molecule has 4 aromatic rings. The van der Waals surface area contributed by atoms with Crippen LogP contribution < -0.4 is 15.0 Å². The molecule has 7 nitrogen and oxygen atoms in total. The van der Waals surface area contributed by atoms with Crippen molar-refractivity contribution in [3.05, 3.63) is 87.2 Å². The molecular formula is C30H33N3O4S. The van der Waals surface area contributed by atoms with Crippen LogP contribution in [0.2, 0.25) is 0 Å². The first-order valence-electron chi connectivity index (χ1n) is 12.6. The molecule has 1 aromatic heterocycles. The van der Waals surface area contributed by atoms with E-state index in [1.807, 2.05) is 13.8 Å². The van der Waals surface area contributed by atoms with E-state index in [2.05, 4.69) is 32.0 Å². The molecule has 0 atom stereocenters. The van der Waals surface area contributed by atoms with Crippen molar-refractivity contribution >= 4 is 28.6 Å². The smallest absolute Gasteiger partial charge is 0.266 e. The minimum atomic E-state index is -0.226. The Balaban J connectivity index is 1.90. The lowest BCUT2D eigenvalue weighted by Crippen LogP contribution is -2.30. The minimum Gasteiger partial charge on any atom is -0.497 e. The number of thioether (sulfide) groups is 1. The van der Waals surface area contributed by atoms with Crippen LogP contribution in [-0.2, 0) is 5.75 Å². The van der Waals surface area contributed by atoms with Crippen molar-refractivity contribution in [1.82, 2.24) is 14.5 Å². The molecule has 0 aliphatic heterocycles. The Labute approximate surface area is 227 Å². The van der Waals surface area contributed by atoms with E-state index >= 15 is 0 Å². The number of nitrogens with zero attached hydrogens (tertiary/aromatic N) is 3. The number of rotatable bonds is 9. The van der Waals surface area contributed by atoms with E-state index in [0.717, 1.165) is 0 Å². The standard InChI is InChI=1S/C30H33N3O4S/c1-7-32(8-2)28(34)21-11-12-26-27(14-21)31-30(38-18-22-13-19(3)9-10-20(22)4)33(29(26)35)23-15-24(36-5)17-25(16-23)37-6/h9-17H,7-8,18H2,1-6H3. The van der Waals surface area contributed by atoms with E-state index in [1.165, 1.54) is 28.5 Å². The van der Waals surface area contributed by atoms with Gasteiger partial charge in [0.15, 0.2) is 5.16 Å². The van der Waals surface area contributed by atoms with Crippen LogP contribution in [-0.4, -0.2) is 47.7 Å². The van der Waals surface area contributed by atoms with Gasteiger partial charge in [-0.05, 0) is 57.0 Å². The number of methoxy groups -OCH3 is 2. The van der Waals surface area contributed by atoms with Crippen molar-refractivity contribution in [3.8, 4) is 17.2 Å². The fourth-order valence-electron chi connectivity index (χ4n) is 4.34. The van der Waals surface area contributed by atoms with E-state index < -0.39 is 0 Å². The lowest BCUT2D eigenvalue weighted by molar-refractivity contribution is 0.0773. The summed E-state index contributed by atoms with van der Waals surface area (Å²) >= 11 is 1.48. The van der Waals surface area contributed by atoms with Crippen LogP contribution in [0.15, 0.2) is 64.5 Å². The highest BCUT2D eigenvalue weighted by atomic mass is 32.2. The molecule has 0 radical (unpaired) electrons. The van der Waals surface area contributed by atoms with Crippen LogP contribution >= 0.6 is 11.8 Å². The molecule has 4 rings (SSSR count). The number of carbonyl (C=O) groups is 1. The number of carbonyl (C=O) groups excluding carboxylic acids is 1. The molecule has 0 bridgehead atoms. The highest BCUT2D eigenvalue weighted by Gasteiger charge is 2.19. The molecule has 0 spiro atoms. The van der Waals surface area contributed by atoms with E-state index in [-0.39, 0.29) is 11.5 Å². The molecule has 0 saturated heterocycles. The Kier molecular flexibility index (Phi) is 8.42. The fourth-order valence-corrected chi connectivity index (χ4v) is 5.41. The highest BCUT2D eigenvalue weighted by molar-refractivity contribution is 7.98. The SMILES string of the molecule is CCN(CC)C(=O)c1ccc2c(=O)n(-c3cc(OC)cc(OC)c3)c(SCc3cc(C)ccc3C)nc2c1. The number of ether oxygens (including phenoxy) is 2. The second-order valence-corrected chi connectivity index (χ2v) is 9.98. The van der Waals surface area contributed by atoms with E-state index in [1.54, 1.807) is 60.1 Å². The number of amides is 1. The third-order valence-corrected chi connectivity index (χ3v) is 7.58. The van der Waals surface area contributed by atoms with Crippen molar-refractivity contribution < 1.29 is 14.3 Å². The second-order valence-electron chi connectivity index (χ2n) is 9.03. The van der Waals surface area contributed by atoms with E-state index in [9.17, 15) is 9.59 Å². The molecule has 8 heteroatoms. The van der Waals surface area contributed by atoms with Crippen molar-refractivity contribution in [2.24, 2.45) is 0 Å². The lowest BCUT2D eigenvalue weighted by Gasteiger charge is -2.19. The molecule has 1 amide bonds. The van der Waals surface area contributed by atoms with Crippen LogP contribution in [0.4, 0.5) is 0 Å². The first kappa shape index (κ1) is 27.3. The van der Waals surface area contributed by atoms with Gasteiger partial charge in [0.1, 0.15) is 11.5 Å². The summed E-state index contributed by atoms with van der Waals surface area (Å²) in [6.07, 6.45) is 0. The zero-order valence-electron chi connectivity index (χ0n) is 22.7. The van der Waals surface area contributed by atoms with Gasteiger partial charge < -0.3 is 14.4 Å². The van der Waals surface area contributed by atoms with Gasteiger partial charge in [0, 0.05) is 42.6 Å². The summed E-state index contributed by atoms with van der Waals surface area (Å²) in [6, 6.07) is 16.8. The first-order valence-corrected chi connectivity index (χ1v) is 13.6. The van der Waals surface area contributed by atoms with Crippen LogP contribution in [0.25, 0.3) is 16.6 Å². The van der Waals surface area contributed by atoms with Gasteiger partial charge in [-0.1, -0.05) is 35.5 Å². The zero-order chi connectivity index (χ0) is 27.4. The molecule has 0 aliphatic carbocycles. The maximum atomic E-state index is 13.9. The van der Waals surface area contributed by atoms with E-state index in [4.69, 9.17) is 14.5 Å². The molecule has 0 fully saturated rings. The Morgan fingerprint density at radius 2 is 1.63 bits per heavy atom. The molecule has 0 N–H and O–H groups in total. The molecular weight excluding hydrogens is 498 g/mol. The summed E-state index contributed by atoms with van der Waals surface area (Å²) in [4.78, 5) is 33.6. The minimum absolute atomic E-state index is 0.0787. The number of aromatic nitrogens is 2. The largest absolute Gasteiger partial charge is 0.497 e. The van der Waals surface area contributed by atoms with Gasteiger partial charge in [0.05, 0.1) is 30.8 Å². The normalized spacial score (nSPS) is 11.0. The summed E-state index contributed by atoms with van der Waals surface area (Å²) in [6.45, 7) is 9.25.